The lowest BCUT2D eigenvalue weighted by Crippen LogP contribution is -2.26. The number of aromatic amines is 1. The van der Waals surface area contributed by atoms with Gasteiger partial charge in [-0.15, -0.1) is 0 Å². The summed E-state index contributed by atoms with van der Waals surface area (Å²) in [6, 6.07) is 8.76. The number of sulfone groups is 1. The predicted molar refractivity (Wildman–Crippen MR) is 110 cm³/mol. The summed E-state index contributed by atoms with van der Waals surface area (Å²) in [7, 11) is -1.42. The van der Waals surface area contributed by atoms with Gasteiger partial charge >= 0.3 is 0 Å². The van der Waals surface area contributed by atoms with E-state index < -0.39 is 9.84 Å². The van der Waals surface area contributed by atoms with E-state index in [4.69, 9.17) is 4.11 Å². The second-order valence-electron chi connectivity index (χ2n) is 7.28. The van der Waals surface area contributed by atoms with Crippen LogP contribution >= 0.6 is 0 Å². The van der Waals surface area contributed by atoms with Crippen molar-refractivity contribution in [3.8, 4) is 0 Å². The lowest BCUT2D eigenvalue weighted by molar-refractivity contribution is 0.310. The Labute approximate surface area is 165 Å². The first-order valence-electron chi connectivity index (χ1n) is 10.9. The molecule has 4 rings (SSSR count). The lowest BCUT2D eigenvalue weighted by Gasteiger charge is -2.18. The van der Waals surface area contributed by atoms with Gasteiger partial charge < -0.3 is 9.88 Å². The molecule has 1 aliphatic rings. The molecule has 0 spiro atoms. The molecule has 2 aromatic carbocycles. The molecule has 4 nitrogen and oxygen atoms in total. The number of rotatable bonds is 6. The summed E-state index contributed by atoms with van der Waals surface area (Å²) in [5.74, 6) is -0.190. The van der Waals surface area contributed by atoms with Gasteiger partial charge in [0.2, 0.25) is 0 Å². The molecular weight excluding hydrogens is 356 g/mol. The number of likely N-dealkylation sites (tertiary alicyclic amines) is 1. The summed E-state index contributed by atoms with van der Waals surface area (Å²) in [6.45, 7) is 1.06. The van der Waals surface area contributed by atoms with Crippen LogP contribution in [0, 0.1) is 0 Å². The van der Waals surface area contributed by atoms with Crippen molar-refractivity contribution >= 4 is 20.7 Å². The number of aromatic nitrogens is 1. The van der Waals surface area contributed by atoms with Gasteiger partial charge in [-0.1, -0.05) is 24.2 Å². The summed E-state index contributed by atoms with van der Waals surface area (Å²) < 4.78 is 50.9. The smallest absolute Gasteiger partial charge is 0.178 e. The average Bonchev–Trinajstić information content (AvgIpc) is 3.34. The van der Waals surface area contributed by atoms with E-state index in [1.54, 1.807) is 30.3 Å². The van der Waals surface area contributed by atoms with E-state index in [9.17, 15) is 8.42 Å². The van der Waals surface area contributed by atoms with E-state index in [0.29, 0.717) is 22.5 Å². The zero-order valence-corrected chi connectivity index (χ0v) is 16.3. The van der Waals surface area contributed by atoms with E-state index >= 15 is 0 Å². The zero-order chi connectivity index (χ0) is 21.5. The highest BCUT2D eigenvalue weighted by Gasteiger charge is 2.22. The van der Waals surface area contributed by atoms with Crippen molar-refractivity contribution in [3.05, 3.63) is 65.8 Å². The van der Waals surface area contributed by atoms with Crippen molar-refractivity contribution in [1.29, 1.82) is 0 Å². The Morgan fingerprint density at radius 1 is 1.26 bits per heavy atom. The Hall–Kier alpha value is -2.11. The van der Waals surface area contributed by atoms with Crippen molar-refractivity contribution in [2.24, 2.45) is 0 Å². The highest BCUT2D eigenvalue weighted by atomic mass is 32.2. The molecule has 27 heavy (non-hydrogen) atoms. The monoisotopic (exact) mass is 385 g/mol. The number of nitrogens with one attached hydrogen (secondary N) is 1. The van der Waals surface area contributed by atoms with Crippen molar-refractivity contribution in [2.75, 3.05) is 19.3 Å². The van der Waals surface area contributed by atoms with Gasteiger partial charge in [-0.25, -0.2) is 8.42 Å². The number of fused-ring (bicyclic) bond motifs is 1. The van der Waals surface area contributed by atoms with Crippen LogP contribution in [0.25, 0.3) is 10.9 Å². The Morgan fingerprint density at radius 3 is 2.81 bits per heavy atom. The molecule has 0 aliphatic carbocycles. The third-order valence-electron chi connectivity index (χ3n) is 5.43. The summed E-state index contributed by atoms with van der Waals surface area (Å²) in [4.78, 5) is 5.64. The van der Waals surface area contributed by atoms with E-state index in [-0.39, 0.29) is 35.2 Å². The SMILES string of the molecule is [2H]c1c(CCS(=O)(=O)c2ccccc2)c([2H])c2c(C[C@H]3CCCN3C)c[nH]c2c1[2H]. The van der Waals surface area contributed by atoms with Crippen LogP contribution in [-0.4, -0.2) is 43.7 Å². The van der Waals surface area contributed by atoms with Crippen LogP contribution in [0.5, 0.6) is 0 Å². The quantitative estimate of drug-likeness (QED) is 0.702. The third-order valence-corrected chi connectivity index (χ3v) is 7.16. The van der Waals surface area contributed by atoms with Crippen molar-refractivity contribution in [3.63, 3.8) is 0 Å². The predicted octanol–water partition coefficient (Wildman–Crippen LogP) is 3.82. The molecule has 0 saturated carbocycles. The number of hydrogen-bond donors (Lipinski definition) is 1. The maximum Gasteiger partial charge on any atom is 0.178 e. The number of hydrogen-bond acceptors (Lipinski definition) is 3. The molecule has 0 radical (unpaired) electrons. The van der Waals surface area contributed by atoms with Gasteiger partial charge in [0, 0.05) is 23.1 Å². The van der Waals surface area contributed by atoms with Crippen molar-refractivity contribution in [1.82, 2.24) is 9.88 Å². The van der Waals surface area contributed by atoms with Gasteiger partial charge in [0.1, 0.15) is 0 Å². The molecular formula is C22H26N2O2S. The number of nitrogens with zero attached hydrogens (tertiary/aromatic N) is 1. The maximum absolute atomic E-state index is 12.7. The molecule has 0 unspecified atom stereocenters. The third kappa shape index (κ3) is 3.94. The van der Waals surface area contributed by atoms with Crippen LogP contribution in [-0.2, 0) is 22.7 Å². The minimum absolute atomic E-state index is 0.0270. The molecule has 1 aliphatic heterocycles. The average molecular weight is 386 g/mol. The van der Waals surface area contributed by atoms with Crippen molar-refractivity contribution in [2.45, 2.75) is 36.6 Å². The van der Waals surface area contributed by atoms with Crippen LogP contribution in [0.4, 0.5) is 0 Å². The number of H-pyrrole nitrogens is 1. The normalized spacial score (nSPS) is 19.9. The molecule has 1 saturated heterocycles. The molecule has 1 fully saturated rings. The summed E-state index contributed by atoms with van der Waals surface area (Å²) in [6.07, 6.45) is 4.92. The number of benzene rings is 2. The highest BCUT2D eigenvalue weighted by molar-refractivity contribution is 7.91. The van der Waals surface area contributed by atoms with Crippen LogP contribution in [0.2, 0.25) is 0 Å². The summed E-state index contributed by atoms with van der Waals surface area (Å²) >= 11 is 0. The Morgan fingerprint density at radius 2 is 2.07 bits per heavy atom. The molecule has 2 heterocycles. The van der Waals surface area contributed by atoms with Gasteiger partial charge in [0.05, 0.1) is 14.8 Å². The maximum atomic E-state index is 12.7. The minimum atomic E-state index is -3.52. The van der Waals surface area contributed by atoms with Crippen LogP contribution in [0.15, 0.2) is 59.6 Å². The first-order valence-corrected chi connectivity index (χ1v) is 11.0. The molecule has 3 aromatic rings. The van der Waals surface area contributed by atoms with Crippen LogP contribution < -0.4 is 0 Å². The Kier molecular flexibility index (Phi) is 4.13. The van der Waals surface area contributed by atoms with E-state index in [1.165, 1.54) is 0 Å². The molecule has 1 N–H and O–H groups in total. The van der Waals surface area contributed by atoms with Crippen molar-refractivity contribution < 1.29 is 12.5 Å². The largest absolute Gasteiger partial charge is 0.361 e. The fraction of sp³-hybridized carbons (Fsp3) is 0.364. The topological polar surface area (TPSA) is 53.2 Å². The molecule has 0 amide bonds. The summed E-state index contributed by atoms with van der Waals surface area (Å²) in [5.41, 5.74) is 1.79. The van der Waals surface area contributed by atoms with Gasteiger partial charge in [0.25, 0.3) is 0 Å². The zero-order valence-electron chi connectivity index (χ0n) is 18.5. The van der Waals surface area contributed by atoms with Gasteiger partial charge in [-0.05, 0) is 74.6 Å². The van der Waals surface area contributed by atoms with Gasteiger partial charge in [-0.2, -0.15) is 0 Å². The van der Waals surface area contributed by atoms with Crippen LogP contribution in [0.1, 0.15) is 28.1 Å². The van der Waals surface area contributed by atoms with Gasteiger partial charge in [-0.3, -0.25) is 0 Å². The summed E-state index contributed by atoms with van der Waals surface area (Å²) in [5, 5.41) is 0.656. The number of likely N-dealkylation sites (N-methyl/N-ethyl adjacent to an activating group) is 1. The van der Waals surface area contributed by atoms with E-state index in [1.807, 2.05) is 6.20 Å². The molecule has 5 heteroatoms. The highest BCUT2D eigenvalue weighted by Crippen LogP contribution is 2.26. The lowest BCUT2D eigenvalue weighted by atomic mass is 10.0. The Balaban J connectivity index is 1.69. The first kappa shape index (κ1) is 14.9. The van der Waals surface area contributed by atoms with Crippen LogP contribution in [0.3, 0.4) is 0 Å². The van der Waals surface area contributed by atoms with E-state index in [0.717, 1.165) is 31.4 Å². The van der Waals surface area contributed by atoms with Gasteiger partial charge in [0.15, 0.2) is 9.84 Å². The molecule has 0 bridgehead atoms. The standard InChI is InChI=1S/C22H26N2O2S/c1-24-12-5-6-19(24)15-18-16-23-22-10-9-17(14-21(18)22)11-13-27(25,26)20-7-3-2-4-8-20/h2-4,7-10,14,16,19,23H,5-6,11-13,15H2,1H3/t19-/m1/s1/i9D,10D,14D. The second kappa shape index (κ2) is 7.49. The fourth-order valence-corrected chi connectivity index (χ4v) is 5.07. The van der Waals surface area contributed by atoms with E-state index in [2.05, 4.69) is 16.9 Å². The minimum Gasteiger partial charge on any atom is -0.361 e. The molecule has 1 aromatic heterocycles. The first-order chi connectivity index (χ1) is 14.3. The fourth-order valence-electron chi connectivity index (χ4n) is 3.78. The second-order valence-corrected chi connectivity index (χ2v) is 9.39. The molecule has 142 valence electrons. The molecule has 1 atom stereocenters. The Bertz CT molecular complexity index is 1180.